The van der Waals surface area contributed by atoms with E-state index < -0.39 is 0 Å². The zero-order chi connectivity index (χ0) is 12.8. The molecule has 0 radical (unpaired) electrons. The molecule has 1 aromatic rings. The molecule has 0 heterocycles. The molecule has 3 heteroatoms. The van der Waals surface area contributed by atoms with Crippen LogP contribution >= 0.6 is 15.9 Å². The molecular formula is C14H21BrFN. The van der Waals surface area contributed by atoms with E-state index in [1.807, 2.05) is 12.1 Å². The minimum absolute atomic E-state index is 0.123. The Labute approximate surface area is 112 Å². The molecular weight excluding hydrogens is 281 g/mol. The van der Waals surface area contributed by atoms with Crippen molar-refractivity contribution in [1.29, 1.82) is 0 Å². The van der Waals surface area contributed by atoms with Gasteiger partial charge in [0, 0.05) is 0 Å². The Morgan fingerprint density at radius 2 is 2.06 bits per heavy atom. The van der Waals surface area contributed by atoms with E-state index >= 15 is 0 Å². The van der Waals surface area contributed by atoms with Crippen LogP contribution in [-0.2, 0) is 0 Å². The van der Waals surface area contributed by atoms with Crippen molar-refractivity contribution in [3.8, 4) is 0 Å². The van der Waals surface area contributed by atoms with Gasteiger partial charge in [0.15, 0.2) is 0 Å². The maximum Gasteiger partial charge on any atom is 0.140 e. The molecule has 2 atom stereocenters. The van der Waals surface area contributed by atoms with Gasteiger partial charge in [0.05, 0.1) is 4.47 Å². The molecule has 0 aliphatic carbocycles. The standard InChI is InChI=1S/C14H21BrFN/c1-4-8-17-9-10(2)11(3)12-6-5-7-13(15)14(12)16/h5-7,10-11,17H,4,8-9H2,1-3H3. The first kappa shape index (κ1) is 14.7. The number of halogens is 2. The molecule has 96 valence electrons. The van der Waals surface area contributed by atoms with Crippen LogP contribution in [0.2, 0.25) is 0 Å². The van der Waals surface area contributed by atoms with Gasteiger partial charge in [0.1, 0.15) is 5.82 Å². The molecule has 0 saturated carbocycles. The predicted molar refractivity (Wildman–Crippen MR) is 74.8 cm³/mol. The van der Waals surface area contributed by atoms with Crippen molar-refractivity contribution in [2.45, 2.75) is 33.1 Å². The van der Waals surface area contributed by atoms with Gasteiger partial charge in [-0.15, -0.1) is 0 Å². The summed E-state index contributed by atoms with van der Waals surface area (Å²) in [6.45, 7) is 8.35. The highest BCUT2D eigenvalue weighted by Gasteiger charge is 2.18. The minimum atomic E-state index is -0.123. The normalized spacial score (nSPS) is 14.6. The Balaban J connectivity index is 2.68. The van der Waals surface area contributed by atoms with Crippen molar-refractivity contribution in [2.24, 2.45) is 5.92 Å². The summed E-state index contributed by atoms with van der Waals surface area (Å²) in [4.78, 5) is 0. The topological polar surface area (TPSA) is 12.0 Å². The van der Waals surface area contributed by atoms with Crippen molar-refractivity contribution in [3.63, 3.8) is 0 Å². The molecule has 0 aliphatic heterocycles. The first-order valence-corrected chi connectivity index (χ1v) is 7.01. The van der Waals surface area contributed by atoms with Crippen LogP contribution in [0.5, 0.6) is 0 Å². The van der Waals surface area contributed by atoms with Crippen LogP contribution in [0, 0.1) is 11.7 Å². The summed E-state index contributed by atoms with van der Waals surface area (Å²) >= 11 is 3.24. The van der Waals surface area contributed by atoms with Crippen LogP contribution in [0.4, 0.5) is 4.39 Å². The Morgan fingerprint density at radius 3 is 2.71 bits per heavy atom. The minimum Gasteiger partial charge on any atom is -0.316 e. The molecule has 17 heavy (non-hydrogen) atoms. The molecule has 1 N–H and O–H groups in total. The largest absolute Gasteiger partial charge is 0.316 e. The van der Waals surface area contributed by atoms with Gasteiger partial charge >= 0.3 is 0 Å². The summed E-state index contributed by atoms with van der Waals surface area (Å²) < 4.78 is 14.5. The van der Waals surface area contributed by atoms with Gasteiger partial charge in [-0.2, -0.15) is 0 Å². The van der Waals surface area contributed by atoms with E-state index in [-0.39, 0.29) is 11.7 Å². The number of hydrogen-bond donors (Lipinski definition) is 1. The second-order valence-corrected chi connectivity index (χ2v) is 5.47. The van der Waals surface area contributed by atoms with E-state index in [9.17, 15) is 4.39 Å². The summed E-state index contributed by atoms with van der Waals surface area (Å²) in [5.41, 5.74) is 0.796. The fourth-order valence-electron chi connectivity index (χ4n) is 1.86. The van der Waals surface area contributed by atoms with Gasteiger partial charge in [-0.05, 0) is 58.9 Å². The van der Waals surface area contributed by atoms with Gasteiger partial charge in [-0.1, -0.05) is 32.9 Å². The number of nitrogens with one attached hydrogen (secondary N) is 1. The van der Waals surface area contributed by atoms with Crippen LogP contribution in [0.3, 0.4) is 0 Å². The smallest absolute Gasteiger partial charge is 0.140 e. The molecule has 1 aromatic carbocycles. The third kappa shape index (κ3) is 4.07. The van der Waals surface area contributed by atoms with Crippen molar-refractivity contribution in [2.75, 3.05) is 13.1 Å². The molecule has 0 bridgehead atoms. The molecule has 0 aromatic heterocycles. The summed E-state index contributed by atoms with van der Waals surface area (Å²) in [6.07, 6.45) is 1.13. The molecule has 0 fully saturated rings. The summed E-state index contributed by atoms with van der Waals surface area (Å²) in [5.74, 6) is 0.518. The van der Waals surface area contributed by atoms with E-state index in [1.54, 1.807) is 6.07 Å². The highest BCUT2D eigenvalue weighted by atomic mass is 79.9. The number of rotatable bonds is 6. The zero-order valence-corrected chi connectivity index (χ0v) is 12.3. The Kier molecular flexibility index (Phi) is 6.14. The predicted octanol–water partition coefficient (Wildman–Crippen LogP) is 4.33. The monoisotopic (exact) mass is 301 g/mol. The van der Waals surface area contributed by atoms with Crippen LogP contribution in [0.1, 0.15) is 38.7 Å². The van der Waals surface area contributed by atoms with Crippen molar-refractivity contribution in [3.05, 3.63) is 34.1 Å². The van der Waals surface area contributed by atoms with E-state index in [0.29, 0.717) is 10.4 Å². The van der Waals surface area contributed by atoms with E-state index in [1.165, 1.54) is 0 Å². The maximum absolute atomic E-state index is 13.9. The SMILES string of the molecule is CCCNCC(C)C(C)c1cccc(Br)c1F. The lowest BCUT2D eigenvalue weighted by Gasteiger charge is -2.21. The lowest BCUT2D eigenvalue weighted by molar-refractivity contribution is 0.434. The number of benzene rings is 1. The lowest BCUT2D eigenvalue weighted by Crippen LogP contribution is -2.25. The average molecular weight is 302 g/mol. The highest BCUT2D eigenvalue weighted by molar-refractivity contribution is 9.10. The Hall–Kier alpha value is -0.410. The summed E-state index contributed by atoms with van der Waals surface area (Å²) in [7, 11) is 0. The van der Waals surface area contributed by atoms with Gasteiger partial charge in [0.2, 0.25) is 0 Å². The quantitative estimate of drug-likeness (QED) is 0.771. The number of hydrogen-bond acceptors (Lipinski definition) is 1. The fourth-order valence-corrected chi connectivity index (χ4v) is 2.24. The maximum atomic E-state index is 13.9. The lowest BCUT2D eigenvalue weighted by atomic mass is 9.88. The van der Waals surface area contributed by atoms with E-state index in [2.05, 4.69) is 42.0 Å². The first-order chi connectivity index (χ1) is 8.07. The summed E-state index contributed by atoms with van der Waals surface area (Å²) in [5, 5.41) is 3.39. The molecule has 0 amide bonds. The van der Waals surface area contributed by atoms with Gasteiger partial charge in [-0.3, -0.25) is 0 Å². The molecule has 0 saturated heterocycles. The Morgan fingerprint density at radius 1 is 1.35 bits per heavy atom. The zero-order valence-electron chi connectivity index (χ0n) is 10.8. The van der Waals surface area contributed by atoms with Crippen molar-refractivity contribution < 1.29 is 4.39 Å². The van der Waals surface area contributed by atoms with E-state index in [4.69, 9.17) is 0 Å². The molecule has 0 aliphatic rings. The highest BCUT2D eigenvalue weighted by Crippen LogP contribution is 2.29. The van der Waals surface area contributed by atoms with Crippen LogP contribution in [0.25, 0.3) is 0 Å². The molecule has 0 spiro atoms. The van der Waals surface area contributed by atoms with E-state index in [0.717, 1.165) is 25.1 Å². The average Bonchev–Trinajstić information content (AvgIpc) is 2.32. The third-order valence-corrected chi connectivity index (χ3v) is 3.83. The van der Waals surface area contributed by atoms with Crippen LogP contribution < -0.4 is 5.32 Å². The summed E-state index contributed by atoms with van der Waals surface area (Å²) in [6, 6.07) is 5.51. The molecule has 1 nitrogen and oxygen atoms in total. The molecule has 2 unspecified atom stereocenters. The fraction of sp³-hybridized carbons (Fsp3) is 0.571. The van der Waals surface area contributed by atoms with Crippen molar-refractivity contribution in [1.82, 2.24) is 5.32 Å². The van der Waals surface area contributed by atoms with Gasteiger partial charge in [0.25, 0.3) is 0 Å². The first-order valence-electron chi connectivity index (χ1n) is 6.22. The molecule has 1 rings (SSSR count). The van der Waals surface area contributed by atoms with Crippen LogP contribution in [0.15, 0.2) is 22.7 Å². The second-order valence-electron chi connectivity index (χ2n) is 4.61. The third-order valence-electron chi connectivity index (χ3n) is 3.22. The van der Waals surface area contributed by atoms with Crippen LogP contribution in [-0.4, -0.2) is 13.1 Å². The van der Waals surface area contributed by atoms with Gasteiger partial charge < -0.3 is 5.32 Å². The Bertz CT molecular complexity index is 354. The van der Waals surface area contributed by atoms with Gasteiger partial charge in [-0.25, -0.2) is 4.39 Å². The van der Waals surface area contributed by atoms with Crippen molar-refractivity contribution >= 4 is 15.9 Å². The second kappa shape index (κ2) is 7.12.